The third-order valence-electron chi connectivity index (χ3n) is 7.34. The molecule has 2 aliphatic carbocycles. The molecule has 0 bridgehead atoms. The first-order valence-electron chi connectivity index (χ1n) is 10.2. The van der Waals surface area contributed by atoms with Crippen molar-refractivity contribution in [1.82, 2.24) is 0 Å². The van der Waals surface area contributed by atoms with Crippen LogP contribution < -0.4 is 9.47 Å². The second-order valence-corrected chi connectivity index (χ2v) is 8.67. The number of aliphatic hydroxyl groups excluding tert-OH is 1. The molecule has 7 heteroatoms. The van der Waals surface area contributed by atoms with Gasteiger partial charge < -0.3 is 24.1 Å². The van der Waals surface area contributed by atoms with Gasteiger partial charge >= 0.3 is 5.79 Å². The molecule has 1 spiro atoms. The fourth-order valence-electron chi connectivity index (χ4n) is 5.95. The quantitative estimate of drug-likeness (QED) is 0.562. The average molecular weight is 414 g/mol. The maximum absolute atomic E-state index is 13.9. The fraction of sp³-hybridized carbons (Fsp3) is 0.250. The molecule has 3 aliphatic heterocycles. The Bertz CT molecular complexity index is 1350. The van der Waals surface area contributed by atoms with Crippen LogP contribution in [0.1, 0.15) is 20.7 Å². The smallest absolute Gasteiger partial charge is 0.321 e. The van der Waals surface area contributed by atoms with E-state index in [-0.39, 0.29) is 11.1 Å². The highest BCUT2D eigenvalue weighted by atomic mass is 16.8. The van der Waals surface area contributed by atoms with E-state index in [2.05, 4.69) is 0 Å². The second kappa shape index (κ2) is 4.65. The largest absolute Gasteiger partial charge is 0.446 e. The van der Waals surface area contributed by atoms with Gasteiger partial charge in [0.05, 0.1) is 5.39 Å². The van der Waals surface area contributed by atoms with Crippen molar-refractivity contribution in [2.24, 2.45) is 0 Å². The lowest BCUT2D eigenvalue weighted by Crippen LogP contribution is -2.73. The van der Waals surface area contributed by atoms with Gasteiger partial charge in [0.1, 0.15) is 23.7 Å². The molecule has 0 unspecified atom stereocenters. The van der Waals surface area contributed by atoms with Crippen LogP contribution in [0.15, 0.2) is 60.7 Å². The van der Waals surface area contributed by atoms with E-state index in [4.69, 9.17) is 18.9 Å². The van der Waals surface area contributed by atoms with E-state index in [1.165, 1.54) is 0 Å². The minimum Gasteiger partial charge on any atom is -0.446 e. The zero-order chi connectivity index (χ0) is 20.8. The number of carbonyl (C=O) groups excluding carboxylic acids is 2. The number of aliphatic hydroxyl groups is 1. The molecule has 7 nitrogen and oxygen atoms in total. The van der Waals surface area contributed by atoms with Crippen LogP contribution >= 0.6 is 0 Å². The molecular weight excluding hydrogens is 400 g/mol. The van der Waals surface area contributed by atoms with Crippen molar-refractivity contribution < 1.29 is 33.6 Å². The molecule has 0 amide bonds. The van der Waals surface area contributed by atoms with E-state index in [0.717, 1.165) is 10.8 Å². The molecule has 0 radical (unpaired) electrons. The fourth-order valence-corrected chi connectivity index (χ4v) is 5.95. The van der Waals surface area contributed by atoms with Gasteiger partial charge in [0.2, 0.25) is 17.2 Å². The number of rotatable bonds is 0. The zero-order valence-corrected chi connectivity index (χ0v) is 15.9. The Morgan fingerprint density at radius 2 is 1.45 bits per heavy atom. The summed E-state index contributed by atoms with van der Waals surface area (Å²) in [6.45, 7) is 0. The van der Waals surface area contributed by atoms with Gasteiger partial charge in [-0.1, -0.05) is 48.5 Å². The molecule has 31 heavy (non-hydrogen) atoms. The highest BCUT2D eigenvalue weighted by molar-refractivity contribution is 6.26. The summed E-state index contributed by atoms with van der Waals surface area (Å²) < 4.78 is 24.7. The number of benzene rings is 3. The maximum atomic E-state index is 13.9. The van der Waals surface area contributed by atoms with E-state index in [0.29, 0.717) is 11.5 Å². The molecule has 0 aromatic heterocycles. The standard InChI is InChI=1S/C24H14O7/c25-18-12-7-1-2-8-13(12)19(26)23-22(18,31-23)20(27)17-21(28-17)24(23)29-14-9-3-5-11-6-4-10-15(30-24)16(11)14/h1-10,17,20-21,27H/t17-,20+,21-,22-,23+/m1/s1. The Kier molecular flexibility index (Phi) is 2.46. The average Bonchev–Trinajstić information content (AvgIpc) is 3.70. The molecule has 1 N–H and O–H groups in total. The summed E-state index contributed by atoms with van der Waals surface area (Å²) in [5.41, 5.74) is -3.17. The zero-order valence-electron chi connectivity index (χ0n) is 15.9. The summed E-state index contributed by atoms with van der Waals surface area (Å²) in [6.07, 6.45) is -2.79. The van der Waals surface area contributed by atoms with Gasteiger partial charge in [-0.05, 0) is 17.5 Å². The Morgan fingerprint density at radius 3 is 2.13 bits per heavy atom. The lowest BCUT2D eigenvalue weighted by Gasteiger charge is -2.45. The Morgan fingerprint density at radius 1 is 0.806 bits per heavy atom. The van der Waals surface area contributed by atoms with E-state index >= 15 is 0 Å². The minimum absolute atomic E-state index is 0.229. The molecule has 5 aliphatic rings. The van der Waals surface area contributed by atoms with Crippen molar-refractivity contribution in [2.75, 3.05) is 0 Å². The number of fused-ring (bicyclic) bond motifs is 3. The van der Waals surface area contributed by atoms with Crippen molar-refractivity contribution >= 4 is 22.3 Å². The topological polar surface area (TPSA) is 97.9 Å². The number of hydrogen-bond acceptors (Lipinski definition) is 7. The normalized spacial score (nSPS) is 37.1. The van der Waals surface area contributed by atoms with Crippen LogP contribution in [-0.4, -0.2) is 52.0 Å². The van der Waals surface area contributed by atoms with Crippen molar-refractivity contribution in [3.05, 3.63) is 71.8 Å². The summed E-state index contributed by atoms with van der Waals surface area (Å²) >= 11 is 0. The van der Waals surface area contributed by atoms with Crippen molar-refractivity contribution in [3.63, 3.8) is 0 Å². The van der Waals surface area contributed by atoms with Crippen LogP contribution in [0.5, 0.6) is 11.5 Å². The molecular formula is C24H14O7. The van der Waals surface area contributed by atoms with Gasteiger partial charge in [-0.2, -0.15) is 0 Å². The number of hydrogen-bond donors (Lipinski definition) is 1. The Hall–Kier alpha value is -3.26. The monoisotopic (exact) mass is 414 g/mol. The molecule has 8 rings (SSSR count). The molecule has 1 saturated carbocycles. The first-order valence-corrected chi connectivity index (χ1v) is 10.2. The van der Waals surface area contributed by atoms with Crippen molar-refractivity contribution in [2.45, 2.75) is 35.3 Å². The second-order valence-electron chi connectivity index (χ2n) is 8.67. The van der Waals surface area contributed by atoms with Gasteiger partial charge in [0, 0.05) is 11.1 Å². The van der Waals surface area contributed by atoms with Crippen LogP contribution in [-0.2, 0) is 9.47 Å². The first-order chi connectivity index (χ1) is 15.1. The molecule has 3 aromatic rings. The number of ketones is 2. The summed E-state index contributed by atoms with van der Waals surface area (Å²) in [7, 11) is 0. The predicted molar refractivity (Wildman–Crippen MR) is 104 cm³/mol. The molecule has 5 atom stereocenters. The molecule has 3 heterocycles. The molecule has 2 saturated heterocycles. The van der Waals surface area contributed by atoms with Crippen LogP contribution in [0.2, 0.25) is 0 Å². The number of ether oxygens (including phenoxy) is 4. The van der Waals surface area contributed by atoms with Crippen LogP contribution in [0, 0.1) is 0 Å². The summed E-state index contributed by atoms with van der Waals surface area (Å²) in [5, 5.41) is 12.7. The number of carbonyl (C=O) groups is 2. The third kappa shape index (κ3) is 1.46. The summed E-state index contributed by atoms with van der Waals surface area (Å²) in [5.74, 6) is -1.58. The lowest BCUT2D eigenvalue weighted by atomic mass is 9.63. The Balaban J connectivity index is 1.42. The molecule has 152 valence electrons. The molecule has 3 aromatic carbocycles. The summed E-state index contributed by atoms with van der Waals surface area (Å²) in [4.78, 5) is 27.5. The summed E-state index contributed by atoms with van der Waals surface area (Å²) in [6, 6.07) is 17.7. The SMILES string of the molecule is O=C1c2ccccc2C(=O)[C@]23O[C@@]12[C@@H](O)[C@H]1O[C@H]1C31Oc2cccc3cccc(c23)O1. The van der Waals surface area contributed by atoms with E-state index < -0.39 is 46.9 Å². The van der Waals surface area contributed by atoms with E-state index in [1.807, 2.05) is 24.3 Å². The highest BCUT2D eigenvalue weighted by Crippen LogP contribution is 2.72. The highest BCUT2D eigenvalue weighted by Gasteiger charge is 3.01. The lowest BCUT2D eigenvalue weighted by molar-refractivity contribution is -0.174. The predicted octanol–water partition coefficient (Wildman–Crippen LogP) is 2.04. The van der Waals surface area contributed by atoms with Gasteiger partial charge in [-0.15, -0.1) is 0 Å². The number of Topliss-reactive ketones (excluding diaryl/α,β-unsaturated/α-hetero) is 2. The van der Waals surface area contributed by atoms with Crippen molar-refractivity contribution in [1.29, 1.82) is 0 Å². The molecule has 3 fully saturated rings. The van der Waals surface area contributed by atoms with Gasteiger partial charge in [-0.3, -0.25) is 9.59 Å². The van der Waals surface area contributed by atoms with Crippen LogP contribution in [0.4, 0.5) is 0 Å². The Labute approximate surface area is 175 Å². The maximum Gasteiger partial charge on any atom is 0.321 e. The van der Waals surface area contributed by atoms with Crippen LogP contribution in [0.3, 0.4) is 0 Å². The van der Waals surface area contributed by atoms with Gasteiger partial charge in [0.25, 0.3) is 5.60 Å². The number of epoxide rings is 2. The van der Waals surface area contributed by atoms with E-state index in [1.54, 1.807) is 36.4 Å². The van der Waals surface area contributed by atoms with Crippen LogP contribution in [0.25, 0.3) is 10.8 Å². The minimum atomic E-state index is -1.84. The van der Waals surface area contributed by atoms with Gasteiger partial charge in [-0.25, -0.2) is 0 Å². The van der Waals surface area contributed by atoms with Gasteiger partial charge in [0.15, 0.2) is 6.10 Å². The van der Waals surface area contributed by atoms with Crippen molar-refractivity contribution in [3.8, 4) is 11.5 Å². The van der Waals surface area contributed by atoms with E-state index in [9.17, 15) is 14.7 Å². The third-order valence-corrected chi connectivity index (χ3v) is 7.34. The first kappa shape index (κ1) is 16.4.